The quantitative estimate of drug-likeness (QED) is 0.456. The average molecular weight is 433 g/mol. The number of fused-ring (bicyclic) bond motifs is 3. The van der Waals surface area contributed by atoms with Crippen LogP contribution in [-0.4, -0.2) is 46.3 Å². The van der Waals surface area contributed by atoms with E-state index in [1.807, 2.05) is 12.1 Å². The van der Waals surface area contributed by atoms with Gasteiger partial charge in [0, 0.05) is 47.8 Å². The van der Waals surface area contributed by atoms with Crippen molar-refractivity contribution in [1.29, 1.82) is 0 Å². The van der Waals surface area contributed by atoms with E-state index in [4.69, 9.17) is 15.4 Å². The van der Waals surface area contributed by atoms with Crippen LogP contribution in [0.25, 0.3) is 6.08 Å². The molecule has 1 spiro atoms. The lowest BCUT2D eigenvalue weighted by molar-refractivity contribution is -0.122. The number of nitrogens with zero attached hydrogens (tertiary/aromatic N) is 2. The van der Waals surface area contributed by atoms with Crippen LogP contribution in [0.15, 0.2) is 41.6 Å². The number of piperazine rings is 1. The maximum atomic E-state index is 11.8. The Morgan fingerprint density at radius 1 is 1.28 bits per heavy atom. The zero-order chi connectivity index (χ0) is 20.4. The van der Waals surface area contributed by atoms with E-state index in [0.717, 1.165) is 38.1 Å². The molecular weight excluding hydrogens is 404 g/mol. The van der Waals surface area contributed by atoms with Crippen molar-refractivity contribution in [1.82, 2.24) is 9.21 Å². The second-order valence-electron chi connectivity index (χ2n) is 8.67. The Morgan fingerprint density at radius 2 is 2.00 bits per heavy atom. The first-order valence-corrected chi connectivity index (χ1v) is 12.0. The Kier molecular flexibility index (Phi) is 6.28. The SMILES string of the molecule is CC(C)=CCOc1ccc(/C=C2/CN(SCl)C3CN2C2(CCC(=O)CC2)C3)cc1. The number of carbonyl (C=O) groups is 1. The number of carbonyl (C=O) groups excluding carboxylic acids is 1. The van der Waals surface area contributed by atoms with Crippen LogP contribution in [-0.2, 0) is 4.79 Å². The van der Waals surface area contributed by atoms with Gasteiger partial charge >= 0.3 is 0 Å². The smallest absolute Gasteiger partial charge is 0.133 e. The molecule has 0 aromatic heterocycles. The van der Waals surface area contributed by atoms with Crippen LogP contribution >= 0.6 is 21.8 Å². The molecule has 29 heavy (non-hydrogen) atoms. The number of benzene rings is 1. The third-order valence-electron chi connectivity index (χ3n) is 6.44. The summed E-state index contributed by atoms with van der Waals surface area (Å²) >= 11 is 1.33. The molecule has 4 rings (SSSR count). The lowest BCUT2D eigenvalue weighted by Gasteiger charge is -2.44. The zero-order valence-electron chi connectivity index (χ0n) is 17.2. The van der Waals surface area contributed by atoms with Crippen molar-refractivity contribution in [2.45, 2.75) is 57.5 Å². The van der Waals surface area contributed by atoms with Gasteiger partial charge in [0.05, 0.1) is 6.54 Å². The Labute approximate surface area is 182 Å². The van der Waals surface area contributed by atoms with E-state index in [2.05, 4.69) is 47.3 Å². The van der Waals surface area contributed by atoms with Gasteiger partial charge in [0.15, 0.2) is 0 Å². The van der Waals surface area contributed by atoms with Crippen LogP contribution in [0.4, 0.5) is 0 Å². The molecule has 1 aromatic rings. The number of allylic oxidation sites excluding steroid dienone is 1. The van der Waals surface area contributed by atoms with Crippen molar-refractivity contribution in [3.63, 3.8) is 0 Å². The molecule has 1 unspecified atom stereocenters. The van der Waals surface area contributed by atoms with E-state index >= 15 is 0 Å². The number of ether oxygens (including phenoxy) is 1. The molecule has 4 nitrogen and oxygen atoms in total. The molecule has 2 heterocycles. The van der Waals surface area contributed by atoms with Gasteiger partial charge in [0.25, 0.3) is 0 Å². The Balaban J connectivity index is 1.53. The van der Waals surface area contributed by atoms with Gasteiger partial charge in [0.1, 0.15) is 18.1 Å². The molecule has 1 saturated carbocycles. The van der Waals surface area contributed by atoms with Crippen molar-refractivity contribution in [3.05, 3.63) is 47.2 Å². The standard InChI is InChI=1S/C23H29ClN2O2S/c1-17(2)9-12-28-22-5-3-18(4-6-22)13-19-16-26(29-24)20-14-23(25(19)15-20)10-7-21(27)8-11-23/h3-6,9,13,20H,7-8,10-12,14-16H2,1-2H3/b19-13-. The molecule has 1 atom stereocenters. The molecular formula is C23H29ClN2O2S. The predicted octanol–water partition coefficient (Wildman–Crippen LogP) is 5.45. The van der Waals surface area contributed by atoms with E-state index in [0.29, 0.717) is 31.3 Å². The van der Waals surface area contributed by atoms with Crippen molar-refractivity contribution in [2.24, 2.45) is 0 Å². The van der Waals surface area contributed by atoms with Crippen molar-refractivity contribution >= 4 is 33.7 Å². The minimum Gasteiger partial charge on any atom is -0.490 e. The number of rotatable bonds is 5. The van der Waals surface area contributed by atoms with E-state index in [1.165, 1.54) is 28.0 Å². The van der Waals surface area contributed by atoms with Crippen LogP contribution in [0.2, 0.25) is 0 Å². The Morgan fingerprint density at radius 3 is 2.66 bits per heavy atom. The van der Waals surface area contributed by atoms with E-state index < -0.39 is 0 Å². The van der Waals surface area contributed by atoms with Crippen LogP contribution in [0, 0.1) is 0 Å². The van der Waals surface area contributed by atoms with Crippen molar-refractivity contribution < 1.29 is 9.53 Å². The highest BCUT2D eigenvalue weighted by molar-refractivity contribution is 8.19. The number of halogens is 1. The fourth-order valence-electron chi connectivity index (χ4n) is 4.84. The molecule has 3 fully saturated rings. The van der Waals surface area contributed by atoms with E-state index in [9.17, 15) is 4.79 Å². The average Bonchev–Trinajstić information content (AvgIpc) is 3.02. The largest absolute Gasteiger partial charge is 0.490 e. The van der Waals surface area contributed by atoms with Gasteiger partial charge in [-0.3, -0.25) is 4.79 Å². The fourth-order valence-corrected chi connectivity index (χ4v) is 5.76. The second kappa shape index (κ2) is 8.75. The topological polar surface area (TPSA) is 32.8 Å². The lowest BCUT2D eigenvalue weighted by Crippen LogP contribution is -2.48. The highest BCUT2D eigenvalue weighted by atomic mass is 35.7. The number of Topliss-reactive ketones (excluding diaryl/α,β-unsaturated/α-hetero) is 1. The lowest BCUT2D eigenvalue weighted by atomic mass is 9.78. The molecule has 0 amide bonds. The van der Waals surface area contributed by atoms with Gasteiger partial charge in [-0.25, -0.2) is 4.31 Å². The monoisotopic (exact) mass is 432 g/mol. The summed E-state index contributed by atoms with van der Waals surface area (Å²) < 4.78 is 8.07. The minimum atomic E-state index is 0.124. The molecule has 6 heteroatoms. The maximum Gasteiger partial charge on any atom is 0.133 e. The van der Waals surface area contributed by atoms with Crippen molar-refractivity contribution in [2.75, 3.05) is 19.7 Å². The molecule has 2 saturated heterocycles. The normalized spacial score (nSPS) is 24.9. The third kappa shape index (κ3) is 4.52. The molecule has 1 aliphatic carbocycles. The van der Waals surface area contributed by atoms with Crippen LogP contribution in [0.3, 0.4) is 0 Å². The van der Waals surface area contributed by atoms with Gasteiger partial charge in [-0.2, -0.15) is 0 Å². The highest BCUT2D eigenvalue weighted by Gasteiger charge is 2.52. The second-order valence-corrected chi connectivity index (χ2v) is 9.69. The Bertz CT molecular complexity index is 807. The van der Waals surface area contributed by atoms with E-state index in [-0.39, 0.29) is 5.54 Å². The number of hydrogen-bond donors (Lipinski definition) is 0. The van der Waals surface area contributed by atoms with Crippen LogP contribution in [0.5, 0.6) is 5.75 Å². The Hall–Kier alpha value is -1.43. The summed E-state index contributed by atoms with van der Waals surface area (Å²) in [5.74, 6) is 1.30. The summed E-state index contributed by atoms with van der Waals surface area (Å²) in [4.78, 5) is 14.4. The predicted molar refractivity (Wildman–Crippen MR) is 121 cm³/mol. The summed E-state index contributed by atoms with van der Waals surface area (Å²) in [7, 11) is 6.20. The summed E-state index contributed by atoms with van der Waals surface area (Å²) in [6.07, 6.45) is 8.82. The molecule has 0 N–H and O–H groups in total. The molecule has 0 radical (unpaired) electrons. The summed E-state index contributed by atoms with van der Waals surface area (Å²) in [6, 6.07) is 8.76. The van der Waals surface area contributed by atoms with Gasteiger partial charge in [0.2, 0.25) is 0 Å². The van der Waals surface area contributed by atoms with Gasteiger partial charge in [-0.1, -0.05) is 17.7 Å². The summed E-state index contributed by atoms with van der Waals surface area (Å²) in [5.41, 5.74) is 3.85. The first-order chi connectivity index (χ1) is 14.0. The number of hydrogen-bond acceptors (Lipinski definition) is 5. The molecule has 2 bridgehead atoms. The number of ketones is 1. The van der Waals surface area contributed by atoms with E-state index in [1.54, 1.807) is 0 Å². The molecule has 156 valence electrons. The summed E-state index contributed by atoms with van der Waals surface area (Å²) in [6.45, 7) is 6.59. The first-order valence-electron chi connectivity index (χ1n) is 10.4. The van der Waals surface area contributed by atoms with Crippen molar-refractivity contribution in [3.8, 4) is 5.75 Å². The maximum absolute atomic E-state index is 11.8. The molecule has 1 aromatic carbocycles. The van der Waals surface area contributed by atoms with Gasteiger partial charge in [-0.05, 0) is 73.6 Å². The third-order valence-corrected chi connectivity index (χ3v) is 7.57. The zero-order valence-corrected chi connectivity index (χ0v) is 18.8. The van der Waals surface area contributed by atoms with Crippen LogP contribution in [0.1, 0.15) is 51.5 Å². The summed E-state index contributed by atoms with van der Waals surface area (Å²) in [5, 5.41) is 0. The molecule has 2 aliphatic heterocycles. The van der Waals surface area contributed by atoms with Crippen LogP contribution < -0.4 is 4.74 Å². The van der Waals surface area contributed by atoms with Gasteiger partial charge in [-0.15, -0.1) is 0 Å². The highest BCUT2D eigenvalue weighted by Crippen LogP contribution is 2.48. The minimum absolute atomic E-state index is 0.124. The molecule has 3 aliphatic rings. The first kappa shape index (κ1) is 20.8. The van der Waals surface area contributed by atoms with Gasteiger partial charge < -0.3 is 9.64 Å². The fraction of sp³-hybridized carbons (Fsp3) is 0.522.